The first kappa shape index (κ1) is 19.7. The third-order valence-electron chi connectivity index (χ3n) is 4.47. The predicted molar refractivity (Wildman–Crippen MR) is 105 cm³/mol. The number of nitrogens with two attached hydrogens (primary N) is 1. The van der Waals surface area contributed by atoms with Crippen LogP contribution in [0.25, 0.3) is 11.1 Å². The van der Waals surface area contributed by atoms with Crippen molar-refractivity contribution in [3.63, 3.8) is 0 Å². The van der Waals surface area contributed by atoms with E-state index in [4.69, 9.17) is 5.73 Å². The van der Waals surface area contributed by atoms with Gasteiger partial charge in [0.25, 0.3) is 0 Å². The molecule has 0 heterocycles. The molecule has 0 aliphatic rings. The van der Waals surface area contributed by atoms with Crippen molar-refractivity contribution in [2.24, 2.45) is 5.73 Å². The Balaban J connectivity index is 3.05. The summed E-state index contributed by atoms with van der Waals surface area (Å²) in [5, 5.41) is 9.68. The van der Waals surface area contributed by atoms with Gasteiger partial charge in [0.2, 0.25) is 5.91 Å². The van der Waals surface area contributed by atoms with Gasteiger partial charge in [-0.2, -0.15) is 0 Å². The summed E-state index contributed by atoms with van der Waals surface area (Å²) < 4.78 is 0. The van der Waals surface area contributed by atoms with E-state index in [2.05, 4.69) is 0 Å². The molecule has 2 aromatic carbocycles. The van der Waals surface area contributed by atoms with Gasteiger partial charge in [0, 0.05) is 5.56 Å². The number of carbonyl (C=O) groups is 2. The molecule has 0 aromatic heterocycles. The highest BCUT2D eigenvalue weighted by molar-refractivity contribution is 5.99. The summed E-state index contributed by atoms with van der Waals surface area (Å²) in [4.78, 5) is 23.7. The number of amides is 1. The maximum atomic E-state index is 11.9. The second-order valence-corrected chi connectivity index (χ2v) is 8.66. The second kappa shape index (κ2) is 6.60. The molecule has 0 fully saturated rings. The number of primary amides is 1. The predicted octanol–water partition coefficient (Wildman–Crippen LogP) is 4.75. The SMILES string of the molecule is CC(C)(C)c1cc(C(N)=O)cc(C(C)(C)C)c1-c1ccccc1C(=O)O. The summed E-state index contributed by atoms with van der Waals surface area (Å²) in [6.07, 6.45) is 0. The molecule has 4 heteroatoms. The number of carboxylic acid groups (broad SMARTS) is 1. The Morgan fingerprint density at radius 2 is 1.35 bits per heavy atom. The zero-order valence-corrected chi connectivity index (χ0v) is 16.3. The maximum Gasteiger partial charge on any atom is 0.336 e. The van der Waals surface area contributed by atoms with E-state index in [9.17, 15) is 14.7 Å². The minimum atomic E-state index is -0.973. The second-order valence-electron chi connectivity index (χ2n) is 8.66. The van der Waals surface area contributed by atoms with Crippen molar-refractivity contribution in [3.05, 3.63) is 58.7 Å². The molecule has 0 radical (unpaired) electrons. The first-order valence-electron chi connectivity index (χ1n) is 8.65. The summed E-state index contributed by atoms with van der Waals surface area (Å²) in [5.41, 5.74) is 9.01. The van der Waals surface area contributed by atoms with Crippen molar-refractivity contribution >= 4 is 11.9 Å². The highest BCUT2D eigenvalue weighted by atomic mass is 16.4. The summed E-state index contributed by atoms with van der Waals surface area (Å²) in [5.74, 6) is -1.46. The largest absolute Gasteiger partial charge is 0.478 e. The lowest BCUT2D eigenvalue weighted by molar-refractivity contribution is 0.0697. The molecule has 0 saturated carbocycles. The van der Waals surface area contributed by atoms with Gasteiger partial charge in [-0.25, -0.2) is 4.79 Å². The van der Waals surface area contributed by atoms with Crippen molar-refractivity contribution in [1.82, 2.24) is 0 Å². The minimum Gasteiger partial charge on any atom is -0.478 e. The number of aromatic carboxylic acids is 1. The zero-order valence-electron chi connectivity index (χ0n) is 16.3. The number of benzene rings is 2. The van der Waals surface area contributed by atoms with Gasteiger partial charge in [0.05, 0.1) is 5.56 Å². The number of rotatable bonds is 3. The molecule has 26 heavy (non-hydrogen) atoms. The van der Waals surface area contributed by atoms with Gasteiger partial charge in [-0.3, -0.25) is 4.79 Å². The number of hydrogen-bond donors (Lipinski definition) is 2. The lowest BCUT2D eigenvalue weighted by Crippen LogP contribution is -2.23. The van der Waals surface area contributed by atoms with Crippen molar-refractivity contribution in [2.45, 2.75) is 52.4 Å². The van der Waals surface area contributed by atoms with E-state index in [0.717, 1.165) is 16.7 Å². The van der Waals surface area contributed by atoms with Gasteiger partial charge in [-0.15, -0.1) is 0 Å². The minimum absolute atomic E-state index is 0.246. The molecule has 0 aliphatic heterocycles. The van der Waals surface area contributed by atoms with Crippen LogP contribution in [-0.4, -0.2) is 17.0 Å². The van der Waals surface area contributed by atoms with E-state index in [0.29, 0.717) is 11.1 Å². The monoisotopic (exact) mass is 353 g/mol. The van der Waals surface area contributed by atoms with Crippen LogP contribution < -0.4 is 5.73 Å². The Bertz CT molecular complexity index is 833. The van der Waals surface area contributed by atoms with Crippen molar-refractivity contribution in [2.75, 3.05) is 0 Å². The van der Waals surface area contributed by atoms with Gasteiger partial charge < -0.3 is 10.8 Å². The molecule has 2 aromatic rings. The normalized spacial score (nSPS) is 12.1. The van der Waals surface area contributed by atoms with Crippen LogP contribution in [0.1, 0.15) is 73.4 Å². The van der Waals surface area contributed by atoms with Crippen molar-refractivity contribution in [3.8, 4) is 11.1 Å². The fraction of sp³-hybridized carbons (Fsp3) is 0.364. The topological polar surface area (TPSA) is 80.4 Å². The van der Waals surface area contributed by atoms with Gasteiger partial charge in [-0.05, 0) is 51.3 Å². The zero-order chi connectivity index (χ0) is 19.9. The highest BCUT2D eigenvalue weighted by Gasteiger charge is 2.29. The molecular formula is C22H27NO3. The summed E-state index contributed by atoms with van der Waals surface area (Å²) >= 11 is 0. The third kappa shape index (κ3) is 3.79. The van der Waals surface area contributed by atoms with Crippen LogP contribution in [0, 0.1) is 0 Å². The quantitative estimate of drug-likeness (QED) is 0.836. The molecule has 0 unspecified atom stereocenters. The summed E-state index contributed by atoms with van der Waals surface area (Å²) in [6, 6.07) is 10.6. The van der Waals surface area contributed by atoms with Gasteiger partial charge in [0.15, 0.2) is 0 Å². The van der Waals surface area contributed by atoms with Gasteiger partial charge in [-0.1, -0.05) is 59.7 Å². The van der Waals surface area contributed by atoms with Crippen LogP contribution in [0.5, 0.6) is 0 Å². The Kier molecular flexibility index (Phi) is 5.00. The van der Waals surface area contributed by atoms with Crippen LogP contribution >= 0.6 is 0 Å². The number of carbonyl (C=O) groups excluding carboxylic acids is 1. The van der Waals surface area contributed by atoms with E-state index in [-0.39, 0.29) is 16.4 Å². The van der Waals surface area contributed by atoms with E-state index in [1.807, 2.05) is 53.7 Å². The van der Waals surface area contributed by atoms with Crippen molar-refractivity contribution in [1.29, 1.82) is 0 Å². The molecular weight excluding hydrogens is 326 g/mol. The molecule has 138 valence electrons. The van der Waals surface area contributed by atoms with Gasteiger partial charge >= 0.3 is 5.97 Å². The van der Waals surface area contributed by atoms with Crippen LogP contribution in [0.2, 0.25) is 0 Å². The third-order valence-corrected chi connectivity index (χ3v) is 4.47. The fourth-order valence-electron chi connectivity index (χ4n) is 3.15. The Morgan fingerprint density at radius 3 is 1.73 bits per heavy atom. The first-order chi connectivity index (χ1) is 11.8. The lowest BCUT2D eigenvalue weighted by Gasteiger charge is -2.31. The van der Waals surface area contributed by atoms with E-state index >= 15 is 0 Å². The molecule has 0 spiro atoms. The molecule has 0 bridgehead atoms. The first-order valence-corrected chi connectivity index (χ1v) is 8.65. The molecule has 1 amide bonds. The fourth-order valence-corrected chi connectivity index (χ4v) is 3.15. The van der Waals surface area contributed by atoms with Crippen molar-refractivity contribution < 1.29 is 14.7 Å². The van der Waals surface area contributed by atoms with Gasteiger partial charge in [0.1, 0.15) is 0 Å². The van der Waals surface area contributed by atoms with E-state index < -0.39 is 11.9 Å². The molecule has 2 rings (SSSR count). The number of carboxylic acids is 1. The van der Waals surface area contributed by atoms with Crippen LogP contribution in [0.4, 0.5) is 0 Å². The van der Waals surface area contributed by atoms with E-state index in [1.54, 1.807) is 24.3 Å². The smallest absolute Gasteiger partial charge is 0.336 e. The maximum absolute atomic E-state index is 11.9. The molecule has 0 atom stereocenters. The molecule has 4 nitrogen and oxygen atoms in total. The lowest BCUT2D eigenvalue weighted by atomic mass is 9.72. The average Bonchev–Trinajstić information content (AvgIpc) is 2.51. The molecule has 0 saturated heterocycles. The van der Waals surface area contributed by atoms with Crippen LogP contribution in [0.15, 0.2) is 36.4 Å². The average molecular weight is 353 g/mol. The Labute approximate surface area is 155 Å². The summed E-state index contributed by atoms with van der Waals surface area (Å²) in [7, 11) is 0. The summed E-state index contributed by atoms with van der Waals surface area (Å²) in [6.45, 7) is 12.3. The Hall–Kier alpha value is -2.62. The Morgan fingerprint density at radius 1 is 0.885 bits per heavy atom. The number of hydrogen-bond acceptors (Lipinski definition) is 2. The molecule has 3 N–H and O–H groups in total. The standard InChI is InChI=1S/C22H27NO3/c1-21(2,3)16-11-13(19(23)24)12-17(22(4,5)6)18(16)14-9-7-8-10-15(14)20(25)26/h7-12H,1-6H3,(H2,23,24)(H,25,26). The molecule has 0 aliphatic carbocycles. The van der Waals surface area contributed by atoms with Crippen LogP contribution in [0.3, 0.4) is 0 Å². The van der Waals surface area contributed by atoms with Crippen LogP contribution in [-0.2, 0) is 10.8 Å². The highest BCUT2D eigenvalue weighted by Crippen LogP contribution is 2.42. The van der Waals surface area contributed by atoms with E-state index in [1.165, 1.54) is 0 Å².